The zero-order chi connectivity index (χ0) is 13.3. The van der Waals surface area contributed by atoms with Crippen LogP contribution in [0.3, 0.4) is 0 Å². The molecule has 4 nitrogen and oxygen atoms in total. The zero-order valence-electron chi connectivity index (χ0n) is 11.1. The highest BCUT2D eigenvalue weighted by molar-refractivity contribution is 6.31. The minimum Gasteiger partial charge on any atom is -0.393 e. The van der Waals surface area contributed by atoms with E-state index in [1.807, 2.05) is 20.8 Å². The van der Waals surface area contributed by atoms with Crippen molar-refractivity contribution in [3.05, 3.63) is 16.5 Å². The van der Waals surface area contributed by atoms with Crippen molar-refractivity contribution in [2.45, 2.75) is 52.2 Å². The van der Waals surface area contributed by atoms with E-state index in [1.54, 1.807) is 0 Å². The molecule has 1 aliphatic rings. The van der Waals surface area contributed by atoms with E-state index < -0.39 is 0 Å². The fourth-order valence-corrected chi connectivity index (χ4v) is 2.78. The fraction of sp³-hybridized carbons (Fsp3) is 0.692. The molecule has 1 saturated heterocycles. The minimum atomic E-state index is -0.297. The van der Waals surface area contributed by atoms with Gasteiger partial charge in [0, 0.05) is 12.6 Å². The summed E-state index contributed by atoms with van der Waals surface area (Å²) in [4.78, 5) is 11.1. The lowest BCUT2D eigenvalue weighted by Gasteiger charge is -2.27. The Morgan fingerprint density at radius 3 is 2.72 bits per heavy atom. The molecule has 1 fully saturated rings. The summed E-state index contributed by atoms with van der Waals surface area (Å²) in [5.41, 5.74) is 1.78. The summed E-state index contributed by atoms with van der Waals surface area (Å²) in [6, 6.07) is 0.318. The molecule has 18 heavy (non-hydrogen) atoms. The van der Waals surface area contributed by atoms with Crippen LogP contribution in [0.15, 0.2) is 0 Å². The molecule has 0 amide bonds. The van der Waals surface area contributed by atoms with Crippen LogP contribution < -0.4 is 4.90 Å². The molecule has 0 radical (unpaired) electrons. The van der Waals surface area contributed by atoms with Crippen molar-refractivity contribution in [2.75, 3.05) is 11.4 Å². The van der Waals surface area contributed by atoms with Crippen LogP contribution in [0.2, 0.25) is 5.15 Å². The van der Waals surface area contributed by atoms with E-state index in [4.69, 9.17) is 11.6 Å². The van der Waals surface area contributed by atoms with Crippen LogP contribution in [-0.4, -0.2) is 33.8 Å². The second-order valence-corrected chi connectivity index (χ2v) is 5.44. The molecule has 1 aliphatic heterocycles. The van der Waals surface area contributed by atoms with Crippen LogP contribution in [0.25, 0.3) is 0 Å². The molecule has 0 bridgehead atoms. The van der Waals surface area contributed by atoms with Crippen molar-refractivity contribution >= 4 is 17.4 Å². The van der Waals surface area contributed by atoms with E-state index >= 15 is 0 Å². The quantitative estimate of drug-likeness (QED) is 0.916. The third-order valence-electron chi connectivity index (χ3n) is 3.51. The topological polar surface area (TPSA) is 49.2 Å². The van der Waals surface area contributed by atoms with Crippen LogP contribution in [0.5, 0.6) is 0 Å². The van der Waals surface area contributed by atoms with E-state index in [-0.39, 0.29) is 6.10 Å². The van der Waals surface area contributed by atoms with Gasteiger partial charge in [-0.2, -0.15) is 0 Å². The highest BCUT2D eigenvalue weighted by Gasteiger charge is 2.28. The Morgan fingerprint density at radius 2 is 2.06 bits per heavy atom. The van der Waals surface area contributed by atoms with Crippen molar-refractivity contribution in [3.63, 3.8) is 0 Å². The Balaban J connectivity index is 2.27. The molecule has 0 aliphatic carbocycles. The van der Waals surface area contributed by atoms with Gasteiger partial charge in [0.25, 0.3) is 0 Å². The SMILES string of the molecule is Cc1nc(Cl)c(N2CCCC2CC(C)O)nc1C. The van der Waals surface area contributed by atoms with Gasteiger partial charge in [0.05, 0.1) is 17.5 Å². The summed E-state index contributed by atoms with van der Waals surface area (Å²) in [7, 11) is 0. The third kappa shape index (κ3) is 2.75. The zero-order valence-corrected chi connectivity index (χ0v) is 11.9. The van der Waals surface area contributed by atoms with Gasteiger partial charge in [0.15, 0.2) is 11.0 Å². The monoisotopic (exact) mass is 269 g/mol. The van der Waals surface area contributed by atoms with Gasteiger partial charge in [-0.25, -0.2) is 9.97 Å². The number of rotatable bonds is 3. The van der Waals surface area contributed by atoms with Crippen molar-refractivity contribution in [1.82, 2.24) is 9.97 Å². The normalized spacial score (nSPS) is 21.4. The average molecular weight is 270 g/mol. The second-order valence-electron chi connectivity index (χ2n) is 5.08. The highest BCUT2D eigenvalue weighted by atomic mass is 35.5. The number of aromatic nitrogens is 2. The first-order chi connectivity index (χ1) is 8.49. The molecule has 2 heterocycles. The maximum absolute atomic E-state index is 9.55. The van der Waals surface area contributed by atoms with Crippen molar-refractivity contribution in [1.29, 1.82) is 0 Å². The molecular formula is C13H20ClN3O. The molecule has 0 spiro atoms. The van der Waals surface area contributed by atoms with Gasteiger partial charge in [0.2, 0.25) is 0 Å². The summed E-state index contributed by atoms with van der Waals surface area (Å²) < 4.78 is 0. The molecule has 0 saturated carbocycles. The number of aliphatic hydroxyl groups is 1. The lowest BCUT2D eigenvalue weighted by Crippen LogP contribution is -2.33. The Morgan fingerprint density at radius 1 is 1.39 bits per heavy atom. The number of halogens is 1. The Labute approximate surface area is 113 Å². The Kier molecular flexibility index (Phi) is 4.07. The van der Waals surface area contributed by atoms with Gasteiger partial charge >= 0.3 is 0 Å². The highest BCUT2D eigenvalue weighted by Crippen LogP contribution is 2.31. The molecule has 2 rings (SSSR count). The average Bonchev–Trinajstić information content (AvgIpc) is 2.70. The lowest BCUT2D eigenvalue weighted by atomic mass is 10.1. The smallest absolute Gasteiger partial charge is 0.171 e. The van der Waals surface area contributed by atoms with E-state index in [1.165, 1.54) is 0 Å². The Bertz CT molecular complexity index is 436. The number of aliphatic hydroxyl groups excluding tert-OH is 1. The van der Waals surface area contributed by atoms with Gasteiger partial charge in [0.1, 0.15) is 0 Å². The summed E-state index contributed by atoms with van der Waals surface area (Å²) >= 11 is 6.21. The summed E-state index contributed by atoms with van der Waals surface area (Å²) in [6.45, 7) is 6.62. The Hall–Kier alpha value is -0.870. The van der Waals surface area contributed by atoms with Crippen LogP contribution in [0, 0.1) is 13.8 Å². The predicted octanol–water partition coefficient (Wildman–Crippen LogP) is 2.49. The standard InChI is InChI=1S/C13H20ClN3O/c1-8(18)7-11-5-4-6-17(11)13-12(14)15-9(2)10(3)16-13/h8,11,18H,4-7H2,1-3H3. The molecule has 5 heteroatoms. The van der Waals surface area contributed by atoms with Crippen LogP contribution in [0.4, 0.5) is 5.82 Å². The number of nitrogens with zero attached hydrogens (tertiary/aromatic N) is 3. The predicted molar refractivity (Wildman–Crippen MR) is 73.2 cm³/mol. The van der Waals surface area contributed by atoms with Crippen molar-refractivity contribution in [3.8, 4) is 0 Å². The van der Waals surface area contributed by atoms with Crippen molar-refractivity contribution < 1.29 is 5.11 Å². The molecule has 1 aromatic rings. The molecule has 100 valence electrons. The number of hydrogen-bond donors (Lipinski definition) is 1. The van der Waals surface area contributed by atoms with E-state index in [0.717, 1.165) is 43.0 Å². The first-order valence-corrected chi connectivity index (χ1v) is 6.82. The molecular weight excluding hydrogens is 250 g/mol. The number of anilines is 1. The number of hydrogen-bond acceptors (Lipinski definition) is 4. The summed E-state index contributed by atoms with van der Waals surface area (Å²) in [6.07, 6.45) is 2.65. The summed E-state index contributed by atoms with van der Waals surface area (Å²) in [5, 5.41) is 10.0. The van der Waals surface area contributed by atoms with Gasteiger partial charge < -0.3 is 10.0 Å². The lowest BCUT2D eigenvalue weighted by molar-refractivity contribution is 0.175. The van der Waals surface area contributed by atoms with Crippen LogP contribution >= 0.6 is 11.6 Å². The molecule has 2 unspecified atom stereocenters. The third-order valence-corrected chi connectivity index (χ3v) is 3.76. The van der Waals surface area contributed by atoms with Crippen LogP contribution in [0.1, 0.15) is 37.6 Å². The van der Waals surface area contributed by atoms with E-state index in [9.17, 15) is 5.11 Å². The summed E-state index contributed by atoms with van der Waals surface area (Å²) in [5.74, 6) is 0.767. The van der Waals surface area contributed by atoms with Gasteiger partial charge in [-0.1, -0.05) is 11.6 Å². The van der Waals surface area contributed by atoms with Gasteiger partial charge in [-0.05, 0) is 40.0 Å². The maximum atomic E-state index is 9.55. The molecule has 2 atom stereocenters. The maximum Gasteiger partial charge on any atom is 0.171 e. The number of aryl methyl sites for hydroxylation is 2. The molecule has 1 aromatic heterocycles. The molecule has 1 N–H and O–H groups in total. The second kappa shape index (κ2) is 5.41. The first-order valence-electron chi connectivity index (χ1n) is 6.44. The van der Waals surface area contributed by atoms with Crippen molar-refractivity contribution in [2.24, 2.45) is 0 Å². The minimum absolute atomic E-state index is 0.297. The van der Waals surface area contributed by atoms with E-state index in [0.29, 0.717) is 11.2 Å². The fourth-order valence-electron chi connectivity index (χ4n) is 2.50. The van der Waals surface area contributed by atoms with Gasteiger partial charge in [-0.3, -0.25) is 0 Å². The van der Waals surface area contributed by atoms with E-state index in [2.05, 4.69) is 14.9 Å². The first kappa shape index (κ1) is 13.6. The largest absolute Gasteiger partial charge is 0.393 e. The van der Waals surface area contributed by atoms with Gasteiger partial charge in [-0.15, -0.1) is 0 Å². The molecule has 0 aromatic carbocycles. The van der Waals surface area contributed by atoms with Crippen LogP contribution in [-0.2, 0) is 0 Å².